The van der Waals surface area contributed by atoms with Gasteiger partial charge in [0.05, 0.1) is 34.6 Å². The third-order valence-electron chi connectivity index (χ3n) is 7.74. The molecule has 2 aliphatic heterocycles. The average Bonchev–Trinajstić information content (AvgIpc) is 3.68. The van der Waals surface area contributed by atoms with Crippen molar-refractivity contribution >= 4 is 53.1 Å². The molecule has 0 radical (unpaired) electrons. The molecule has 5 rings (SSSR count). The lowest BCUT2D eigenvalue weighted by atomic mass is 10.0. The maximum absolute atomic E-state index is 14.5. The number of carbonyl (C=O) groups excluding carboxylic acids is 3. The second-order valence-electron chi connectivity index (χ2n) is 10.5. The molecule has 1 aromatic heterocycles. The summed E-state index contributed by atoms with van der Waals surface area (Å²) in [7, 11) is 2.96. The first-order chi connectivity index (χ1) is 21.6. The fourth-order valence-corrected chi connectivity index (χ4v) is 5.82. The largest absolute Gasteiger partial charge is 0.494 e. The number of rotatable bonds is 7. The van der Waals surface area contributed by atoms with Crippen LogP contribution in [0, 0.1) is 11.7 Å². The van der Waals surface area contributed by atoms with Crippen LogP contribution in [-0.2, 0) is 16.6 Å². The highest BCUT2D eigenvalue weighted by atomic mass is 35.5. The van der Waals surface area contributed by atoms with E-state index >= 15 is 0 Å². The fraction of sp³-hybridized carbons (Fsp3) is 0.367. The van der Waals surface area contributed by atoms with Gasteiger partial charge in [-0.15, -0.1) is 0 Å². The van der Waals surface area contributed by atoms with Crippen LogP contribution in [0.1, 0.15) is 33.8 Å². The Balaban J connectivity index is 0.00000148. The SMILES string of the molecule is COc1ccc(-c2cnc(C(=O)Nc3ccc(C(=O)N4CCN(C(=O)C[C@@H]5CCNC5)CC4)c(Cl)c3)n2C)c(Cl)c1F.O=CO. The summed E-state index contributed by atoms with van der Waals surface area (Å²) >= 11 is 12.7. The van der Waals surface area contributed by atoms with E-state index in [1.807, 2.05) is 4.90 Å². The fourth-order valence-electron chi connectivity index (χ4n) is 5.31. The average molecular weight is 664 g/mol. The van der Waals surface area contributed by atoms with Crippen molar-refractivity contribution in [2.24, 2.45) is 13.0 Å². The lowest BCUT2D eigenvalue weighted by molar-refractivity contribution is -0.133. The Hall–Kier alpha value is -4.20. The van der Waals surface area contributed by atoms with Gasteiger partial charge < -0.3 is 34.8 Å². The summed E-state index contributed by atoms with van der Waals surface area (Å²) in [5, 5.41) is 12.9. The van der Waals surface area contributed by atoms with E-state index in [9.17, 15) is 18.8 Å². The van der Waals surface area contributed by atoms with Gasteiger partial charge in [-0.05, 0) is 55.8 Å². The van der Waals surface area contributed by atoms with E-state index in [1.54, 1.807) is 30.1 Å². The van der Waals surface area contributed by atoms with Crippen molar-refractivity contribution in [3.05, 3.63) is 63.8 Å². The molecular weight excluding hydrogens is 630 g/mol. The number of hydrogen-bond acceptors (Lipinski definition) is 7. The van der Waals surface area contributed by atoms with Gasteiger partial charge in [-0.2, -0.15) is 0 Å². The van der Waals surface area contributed by atoms with Gasteiger partial charge in [0.2, 0.25) is 5.91 Å². The minimum Gasteiger partial charge on any atom is -0.494 e. The van der Waals surface area contributed by atoms with Gasteiger partial charge in [0, 0.05) is 50.9 Å². The van der Waals surface area contributed by atoms with Crippen LogP contribution in [0.25, 0.3) is 11.3 Å². The van der Waals surface area contributed by atoms with Gasteiger partial charge in [-0.25, -0.2) is 9.37 Å². The molecule has 0 aliphatic carbocycles. The van der Waals surface area contributed by atoms with E-state index in [1.165, 1.54) is 30.0 Å². The van der Waals surface area contributed by atoms with Crippen LogP contribution in [0.15, 0.2) is 36.5 Å². The quantitative estimate of drug-likeness (QED) is 0.324. The number of methoxy groups -OCH3 is 1. The molecule has 3 aromatic rings. The summed E-state index contributed by atoms with van der Waals surface area (Å²) in [5.41, 5.74) is 1.47. The Labute approximate surface area is 269 Å². The predicted octanol–water partition coefficient (Wildman–Crippen LogP) is 3.78. The Morgan fingerprint density at radius 1 is 1.16 bits per heavy atom. The van der Waals surface area contributed by atoms with Crippen LogP contribution in [0.2, 0.25) is 10.0 Å². The maximum atomic E-state index is 14.5. The first kappa shape index (κ1) is 33.7. The molecule has 2 saturated heterocycles. The molecule has 0 saturated carbocycles. The first-order valence-corrected chi connectivity index (χ1v) is 14.9. The summed E-state index contributed by atoms with van der Waals surface area (Å²) in [4.78, 5) is 54.9. The number of aromatic nitrogens is 2. The summed E-state index contributed by atoms with van der Waals surface area (Å²) in [6.07, 6.45) is 2.98. The Kier molecular flexibility index (Phi) is 11.4. The topological polar surface area (TPSA) is 146 Å². The van der Waals surface area contributed by atoms with Gasteiger partial charge >= 0.3 is 0 Å². The van der Waals surface area contributed by atoms with Gasteiger partial charge in [0.15, 0.2) is 17.4 Å². The number of carboxylic acid groups (broad SMARTS) is 1. The number of hydrogen-bond donors (Lipinski definition) is 3. The zero-order valence-corrected chi connectivity index (χ0v) is 26.2. The minimum absolute atomic E-state index is 0.00700. The van der Waals surface area contributed by atoms with Gasteiger partial charge in [-0.3, -0.25) is 19.2 Å². The molecule has 3 amide bonds. The highest BCUT2D eigenvalue weighted by Gasteiger charge is 2.28. The normalized spacial score (nSPS) is 16.1. The Bertz CT molecular complexity index is 1570. The minimum atomic E-state index is -0.708. The van der Waals surface area contributed by atoms with E-state index in [0.29, 0.717) is 61.0 Å². The van der Waals surface area contributed by atoms with Gasteiger partial charge in [0.25, 0.3) is 18.3 Å². The van der Waals surface area contributed by atoms with E-state index in [-0.39, 0.29) is 39.9 Å². The summed E-state index contributed by atoms with van der Waals surface area (Å²) in [5.74, 6) is -0.891. The van der Waals surface area contributed by atoms with Crippen LogP contribution in [-0.4, -0.2) is 95.0 Å². The van der Waals surface area contributed by atoms with E-state index in [4.69, 9.17) is 37.8 Å². The van der Waals surface area contributed by atoms with Crippen molar-refractivity contribution in [3.63, 3.8) is 0 Å². The van der Waals surface area contributed by atoms with Crippen LogP contribution >= 0.6 is 23.2 Å². The number of piperazine rings is 1. The van der Waals surface area contributed by atoms with Crippen LogP contribution in [0.5, 0.6) is 5.75 Å². The first-order valence-electron chi connectivity index (χ1n) is 14.1. The molecular formula is C30H33Cl2FN6O6. The molecule has 2 aromatic carbocycles. The van der Waals surface area contributed by atoms with Crippen molar-refractivity contribution in [1.82, 2.24) is 24.7 Å². The Morgan fingerprint density at radius 2 is 1.84 bits per heavy atom. The molecule has 0 bridgehead atoms. The van der Waals surface area contributed by atoms with Crippen molar-refractivity contribution in [2.45, 2.75) is 12.8 Å². The van der Waals surface area contributed by atoms with Crippen LogP contribution in [0.3, 0.4) is 0 Å². The molecule has 15 heteroatoms. The number of benzene rings is 2. The second-order valence-corrected chi connectivity index (χ2v) is 11.2. The predicted molar refractivity (Wildman–Crippen MR) is 166 cm³/mol. The second kappa shape index (κ2) is 15.2. The molecule has 2 fully saturated rings. The zero-order valence-electron chi connectivity index (χ0n) is 24.7. The number of nitrogens with zero attached hydrogens (tertiary/aromatic N) is 4. The zero-order chi connectivity index (χ0) is 32.7. The molecule has 0 spiro atoms. The molecule has 240 valence electrons. The lowest BCUT2D eigenvalue weighted by Gasteiger charge is -2.35. The number of nitrogens with one attached hydrogen (secondary N) is 2. The van der Waals surface area contributed by atoms with Crippen molar-refractivity contribution in [1.29, 1.82) is 0 Å². The number of imidazole rings is 1. The number of carbonyl (C=O) groups is 4. The highest BCUT2D eigenvalue weighted by molar-refractivity contribution is 6.34. The molecule has 12 nitrogen and oxygen atoms in total. The monoisotopic (exact) mass is 662 g/mol. The van der Waals surface area contributed by atoms with E-state index < -0.39 is 11.7 Å². The van der Waals surface area contributed by atoms with Crippen molar-refractivity contribution in [3.8, 4) is 17.0 Å². The van der Waals surface area contributed by atoms with Gasteiger partial charge in [-0.1, -0.05) is 23.2 Å². The Morgan fingerprint density at radius 3 is 2.47 bits per heavy atom. The van der Waals surface area contributed by atoms with Crippen LogP contribution in [0.4, 0.5) is 10.1 Å². The molecule has 3 N–H and O–H groups in total. The highest BCUT2D eigenvalue weighted by Crippen LogP contribution is 2.35. The molecule has 1 atom stereocenters. The molecule has 2 aliphatic rings. The standard InChI is InChI=1S/C29H31Cl2FN6O4.CH2O2/c1-36-22(20-5-6-23(42-2)26(32)25(20)31)16-34-27(36)28(40)35-18-3-4-19(21(30)14-18)29(41)38-11-9-37(10-12-38)24(39)13-17-7-8-33-15-17;2-1-3/h3-6,14,16-17,33H,7-13,15H2,1-2H3,(H,35,40);1H,(H,2,3)/t17-;/m0./s1. The van der Waals surface area contributed by atoms with Crippen LogP contribution < -0.4 is 15.4 Å². The molecule has 45 heavy (non-hydrogen) atoms. The number of anilines is 1. The lowest BCUT2D eigenvalue weighted by Crippen LogP contribution is -2.51. The molecule has 3 heterocycles. The molecule has 0 unspecified atom stereocenters. The number of halogens is 3. The van der Waals surface area contributed by atoms with E-state index in [2.05, 4.69) is 15.6 Å². The summed E-state index contributed by atoms with van der Waals surface area (Å²) in [6, 6.07) is 7.69. The van der Waals surface area contributed by atoms with E-state index in [0.717, 1.165) is 19.5 Å². The summed E-state index contributed by atoms with van der Waals surface area (Å²) in [6.45, 7) is 3.39. The third-order valence-corrected chi connectivity index (χ3v) is 8.42. The smallest absolute Gasteiger partial charge is 0.291 e. The number of ether oxygens (including phenoxy) is 1. The number of amides is 3. The summed E-state index contributed by atoms with van der Waals surface area (Å²) < 4.78 is 20.9. The van der Waals surface area contributed by atoms with Crippen molar-refractivity contribution in [2.75, 3.05) is 51.7 Å². The maximum Gasteiger partial charge on any atom is 0.291 e. The van der Waals surface area contributed by atoms with Gasteiger partial charge in [0.1, 0.15) is 0 Å². The third kappa shape index (κ3) is 7.72. The van der Waals surface area contributed by atoms with Crippen molar-refractivity contribution < 1.29 is 33.4 Å².